The minimum Gasteiger partial charge on any atom is -0.492 e. The van der Waals surface area contributed by atoms with E-state index in [0.29, 0.717) is 18.6 Å². The third-order valence-corrected chi connectivity index (χ3v) is 3.51. The predicted octanol–water partition coefficient (Wildman–Crippen LogP) is 2.39. The first-order valence-electron chi connectivity index (χ1n) is 6.80. The molecule has 1 aliphatic heterocycles. The van der Waals surface area contributed by atoms with Crippen LogP contribution in [0.1, 0.15) is 18.9 Å². The molecule has 0 spiro atoms. The molecule has 0 aromatic heterocycles. The summed E-state index contributed by atoms with van der Waals surface area (Å²) in [6, 6.07) is 8.55. The lowest BCUT2D eigenvalue weighted by Gasteiger charge is -2.23. The zero-order valence-electron chi connectivity index (χ0n) is 11.3. The third kappa shape index (κ3) is 3.47. The Hall–Kier alpha value is -1.06. The fourth-order valence-electron chi connectivity index (χ4n) is 2.39. The van der Waals surface area contributed by atoms with Crippen LogP contribution in [-0.4, -0.2) is 32.4 Å². The van der Waals surface area contributed by atoms with Crippen molar-refractivity contribution in [2.24, 2.45) is 5.92 Å². The number of aryl methyl sites for hydroxylation is 1. The molecule has 2 unspecified atom stereocenters. The van der Waals surface area contributed by atoms with Crippen LogP contribution in [0.25, 0.3) is 0 Å². The molecular formula is C15H23NO2. The van der Waals surface area contributed by atoms with Crippen molar-refractivity contribution in [1.29, 1.82) is 0 Å². The maximum absolute atomic E-state index is 5.95. The summed E-state index contributed by atoms with van der Waals surface area (Å²) in [6.45, 7) is 7.64. The number of hydrogen-bond acceptors (Lipinski definition) is 3. The number of para-hydroxylation sites is 1. The minimum absolute atomic E-state index is 0.386. The van der Waals surface area contributed by atoms with Crippen molar-refractivity contribution >= 4 is 0 Å². The number of likely N-dealkylation sites (N-methyl/N-ethyl adjacent to an activating group) is 1. The molecule has 1 aromatic rings. The largest absolute Gasteiger partial charge is 0.492 e. The van der Waals surface area contributed by atoms with Crippen molar-refractivity contribution < 1.29 is 9.47 Å². The number of hydrogen-bond donors (Lipinski definition) is 1. The number of benzene rings is 1. The van der Waals surface area contributed by atoms with E-state index in [9.17, 15) is 0 Å². The molecule has 3 heteroatoms. The van der Waals surface area contributed by atoms with Crippen LogP contribution >= 0.6 is 0 Å². The van der Waals surface area contributed by atoms with Gasteiger partial charge in [-0.15, -0.1) is 0 Å². The van der Waals surface area contributed by atoms with Crippen molar-refractivity contribution in [2.45, 2.75) is 26.3 Å². The Morgan fingerprint density at radius 2 is 2.28 bits per heavy atom. The fraction of sp³-hybridized carbons (Fsp3) is 0.600. The van der Waals surface area contributed by atoms with Crippen LogP contribution in [0, 0.1) is 12.8 Å². The van der Waals surface area contributed by atoms with E-state index in [0.717, 1.165) is 31.9 Å². The summed E-state index contributed by atoms with van der Waals surface area (Å²) >= 11 is 0. The molecule has 1 heterocycles. The molecule has 1 aliphatic rings. The number of nitrogens with one attached hydrogen (secondary N) is 1. The van der Waals surface area contributed by atoms with E-state index >= 15 is 0 Å². The van der Waals surface area contributed by atoms with Gasteiger partial charge in [-0.3, -0.25) is 0 Å². The smallest absolute Gasteiger partial charge is 0.122 e. The molecule has 100 valence electrons. The first-order chi connectivity index (χ1) is 8.81. The lowest BCUT2D eigenvalue weighted by Crippen LogP contribution is -2.41. The highest BCUT2D eigenvalue weighted by Gasteiger charge is 2.25. The molecule has 1 saturated heterocycles. The lowest BCUT2D eigenvalue weighted by atomic mass is 10.00. The molecule has 1 aromatic carbocycles. The van der Waals surface area contributed by atoms with E-state index in [1.165, 1.54) is 5.56 Å². The first kappa shape index (κ1) is 13.4. The lowest BCUT2D eigenvalue weighted by molar-refractivity contribution is 0.160. The van der Waals surface area contributed by atoms with Crippen LogP contribution in [-0.2, 0) is 4.74 Å². The van der Waals surface area contributed by atoms with Crippen LogP contribution in [0.3, 0.4) is 0 Å². The zero-order valence-corrected chi connectivity index (χ0v) is 11.3. The summed E-state index contributed by atoms with van der Waals surface area (Å²) in [5.41, 5.74) is 1.19. The van der Waals surface area contributed by atoms with Crippen molar-refractivity contribution in [3.63, 3.8) is 0 Å². The molecule has 0 aliphatic carbocycles. The summed E-state index contributed by atoms with van der Waals surface area (Å²) in [4.78, 5) is 0. The van der Waals surface area contributed by atoms with Gasteiger partial charge in [0.2, 0.25) is 0 Å². The quantitative estimate of drug-likeness (QED) is 0.839. The highest BCUT2D eigenvalue weighted by Crippen LogP contribution is 2.20. The second-order valence-corrected chi connectivity index (χ2v) is 4.86. The van der Waals surface area contributed by atoms with Crippen molar-refractivity contribution in [2.75, 3.05) is 26.4 Å². The second-order valence-electron chi connectivity index (χ2n) is 4.86. The minimum atomic E-state index is 0.386. The van der Waals surface area contributed by atoms with Crippen molar-refractivity contribution in [3.8, 4) is 5.75 Å². The van der Waals surface area contributed by atoms with Crippen LogP contribution in [0.2, 0.25) is 0 Å². The van der Waals surface area contributed by atoms with Gasteiger partial charge >= 0.3 is 0 Å². The fourth-order valence-corrected chi connectivity index (χ4v) is 2.39. The summed E-state index contributed by atoms with van der Waals surface area (Å²) < 4.78 is 11.4. The van der Waals surface area contributed by atoms with Gasteiger partial charge in [0, 0.05) is 18.6 Å². The molecule has 0 amide bonds. The van der Waals surface area contributed by atoms with Crippen LogP contribution in [0.5, 0.6) is 5.75 Å². The van der Waals surface area contributed by atoms with E-state index in [4.69, 9.17) is 9.47 Å². The van der Waals surface area contributed by atoms with Gasteiger partial charge in [0.05, 0.1) is 6.61 Å². The van der Waals surface area contributed by atoms with Gasteiger partial charge in [-0.1, -0.05) is 25.1 Å². The van der Waals surface area contributed by atoms with Gasteiger partial charge in [-0.2, -0.15) is 0 Å². The van der Waals surface area contributed by atoms with E-state index in [-0.39, 0.29) is 0 Å². The molecule has 0 saturated carbocycles. The van der Waals surface area contributed by atoms with E-state index in [1.54, 1.807) is 0 Å². The van der Waals surface area contributed by atoms with E-state index in [1.807, 2.05) is 18.2 Å². The Labute approximate surface area is 109 Å². The molecule has 2 atom stereocenters. The highest BCUT2D eigenvalue weighted by molar-refractivity contribution is 5.31. The van der Waals surface area contributed by atoms with Crippen LogP contribution in [0.4, 0.5) is 0 Å². The zero-order chi connectivity index (χ0) is 12.8. The van der Waals surface area contributed by atoms with E-state index < -0.39 is 0 Å². The predicted molar refractivity (Wildman–Crippen MR) is 73.1 cm³/mol. The Morgan fingerprint density at radius 3 is 2.94 bits per heavy atom. The van der Waals surface area contributed by atoms with Crippen molar-refractivity contribution in [1.82, 2.24) is 5.32 Å². The second kappa shape index (κ2) is 6.76. The topological polar surface area (TPSA) is 30.5 Å². The normalized spacial score (nSPS) is 20.9. The Kier molecular flexibility index (Phi) is 5.02. The molecular weight excluding hydrogens is 226 g/mol. The molecule has 2 rings (SSSR count). The molecule has 3 nitrogen and oxygen atoms in total. The molecule has 1 N–H and O–H groups in total. The Morgan fingerprint density at radius 1 is 1.44 bits per heavy atom. The number of ether oxygens (including phenoxy) is 2. The van der Waals surface area contributed by atoms with Gasteiger partial charge in [-0.25, -0.2) is 0 Å². The maximum atomic E-state index is 5.95. The average molecular weight is 249 g/mol. The summed E-state index contributed by atoms with van der Waals surface area (Å²) in [7, 11) is 0. The highest BCUT2D eigenvalue weighted by atomic mass is 16.5. The molecule has 0 radical (unpaired) electrons. The summed E-state index contributed by atoms with van der Waals surface area (Å²) in [5, 5.41) is 3.51. The Balaban J connectivity index is 1.91. The molecule has 0 bridgehead atoms. The Bertz CT molecular complexity index is 361. The van der Waals surface area contributed by atoms with Gasteiger partial charge in [0.15, 0.2) is 0 Å². The SMILES string of the molecule is CCNC(COc1ccccc1C)C1CCOC1. The van der Waals surface area contributed by atoms with Gasteiger partial charge in [-0.05, 0) is 31.5 Å². The standard InChI is InChI=1S/C15H23NO2/c1-3-16-14(13-8-9-17-10-13)11-18-15-7-5-4-6-12(15)2/h4-7,13-14,16H,3,8-11H2,1-2H3. The van der Waals surface area contributed by atoms with E-state index in [2.05, 4.69) is 25.2 Å². The monoisotopic (exact) mass is 249 g/mol. The van der Waals surface area contributed by atoms with Crippen molar-refractivity contribution in [3.05, 3.63) is 29.8 Å². The third-order valence-electron chi connectivity index (χ3n) is 3.51. The molecule has 18 heavy (non-hydrogen) atoms. The summed E-state index contributed by atoms with van der Waals surface area (Å²) in [5.74, 6) is 1.56. The molecule has 1 fully saturated rings. The van der Waals surface area contributed by atoms with Crippen LogP contribution < -0.4 is 10.1 Å². The average Bonchev–Trinajstić information content (AvgIpc) is 2.90. The van der Waals surface area contributed by atoms with Crippen LogP contribution in [0.15, 0.2) is 24.3 Å². The van der Waals surface area contributed by atoms with Gasteiger partial charge in [0.1, 0.15) is 12.4 Å². The first-order valence-corrected chi connectivity index (χ1v) is 6.80. The summed E-state index contributed by atoms with van der Waals surface area (Å²) in [6.07, 6.45) is 1.13. The maximum Gasteiger partial charge on any atom is 0.122 e. The van der Waals surface area contributed by atoms with Gasteiger partial charge in [0.25, 0.3) is 0 Å². The number of rotatable bonds is 6. The van der Waals surface area contributed by atoms with Gasteiger partial charge < -0.3 is 14.8 Å².